The first-order valence-corrected chi connectivity index (χ1v) is 10.8. The van der Waals surface area contributed by atoms with Crippen molar-refractivity contribution in [2.24, 2.45) is 0 Å². The van der Waals surface area contributed by atoms with Gasteiger partial charge in [-0.25, -0.2) is 4.79 Å². The van der Waals surface area contributed by atoms with E-state index in [4.69, 9.17) is 9.47 Å². The Morgan fingerprint density at radius 3 is 2.28 bits per heavy atom. The van der Waals surface area contributed by atoms with Crippen molar-refractivity contribution < 1.29 is 19.1 Å². The van der Waals surface area contributed by atoms with Gasteiger partial charge in [0.1, 0.15) is 11.4 Å². The predicted octanol–water partition coefficient (Wildman–Crippen LogP) is 4.46. The summed E-state index contributed by atoms with van der Waals surface area (Å²) in [4.78, 5) is 30.3. The number of hydrogen-bond acceptors (Lipinski definition) is 4. The average Bonchev–Trinajstić information content (AvgIpc) is 3.09. The van der Waals surface area contributed by atoms with Crippen molar-refractivity contribution in [3.8, 4) is 5.75 Å². The number of hydrogen-bond donors (Lipinski definition) is 1. The van der Waals surface area contributed by atoms with Crippen LogP contribution in [0.1, 0.15) is 39.8 Å². The number of carbonyl (C=O) groups is 2. The summed E-state index contributed by atoms with van der Waals surface area (Å²) in [6.07, 6.45) is 0.727. The van der Waals surface area contributed by atoms with Gasteiger partial charge in [-0.3, -0.25) is 4.79 Å². The number of para-hydroxylation sites is 1. The van der Waals surface area contributed by atoms with Crippen LogP contribution in [-0.2, 0) is 22.5 Å². The molecule has 6 nitrogen and oxygen atoms in total. The molecule has 0 unspecified atom stereocenters. The van der Waals surface area contributed by atoms with Crippen LogP contribution in [0.25, 0.3) is 0 Å². The molecule has 0 saturated carbocycles. The van der Waals surface area contributed by atoms with Crippen LogP contribution < -0.4 is 4.74 Å². The van der Waals surface area contributed by atoms with E-state index in [0.29, 0.717) is 31.1 Å². The zero-order chi connectivity index (χ0) is 22.9. The van der Waals surface area contributed by atoms with Crippen LogP contribution in [0.2, 0.25) is 0 Å². The quantitative estimate of drug-likeness (QED) is 0.478. The number of benzene rings is 2. The van der Waals surface area contributed by atoms with E-state index in [1.807, 2.05) is 62.4 Å². The normalized spacial score (nSPS) is 10.6. The van der Waals surface area contributed by atoms with Crippen LogP contribution in [0.5, 0.6) is 5.75 Å². The lowest BCUT2D eigenvalue weighted by atomic mass is 10.1. The van der Waals surface area contributed by atoms with E-state index in [1.54, 1.807) is 11.8 Å². The molecule has 0 fully saturated rings. The Hall–Kier alpha value is -3.54. The third-order valence-electron chi connectivity index (χ3n) is 5.39. The molecule has 1 heterocycles. The molecule has 3 rings (SSSR count). The Balaban J connectivity index is 1.77. The van der Waals surface area contributed by atoms with Crippen molar-refractivity contribution in [3.05, 3.63) is 88.7 Å². The van der Waals surface area contributed by atoms with E-state index >= 15 is 0 Å². The van der Waals surface area contributed by atoms with Gasteiger partial charge in [0, 0.05) is 18.8 Å². The number of aromatic nitrogens is 1. The first kappa shape index (κ1) is 23.1. The fourth-order valence-electron chi connectivity index (χ4n) is 3.58. The molecule has 0 radical (unpaired) electrons. The van der Waals surface area contributed by atoms with Gasteiger partial charge in [-0.15, -0.1) is 0 Å². The molecule has 0 aliphatic heterocycles. The molecule has 32 heavy (non-hydrogen) atoms. The van der Waals surface area contributed by atoms with Crippen molar-refractivity contribution >= 4 is 11.9 Å². The summed E-state index contributed by atoms with van der Waals surface area (Å²) in [6, 6.07) is 19.4. The second kappa shape index (κ2) is 11.2. The lowest BCUT2D eigenvalue weighted by Gasteiger charge is -2.23. The van der Waals surface area contributed by atoms with Crippen molar-refractivity contribution in [3.63, 3.8) is 0 Å². The molecule has 6 heteroatoms. The van der Waals surface area contributed by atoms with Gasteiger partial charge in [-0.05, 0) is 56.0 Å². The Kier molecular flexibility index (Phi) is 8.08. The lowest BCUT2D eigenvalue weighted by Crippen LogP contribution is -2.36. The van der Waals surface area contributed by atoms with Crippen LogP contribution in [-0.4, -0.2) is 41.5 Å². The Morgan fingerprint density at radius 2 is 1.62 bits per heavy atom. The SMILES string of the molecule is CCOC(=O)c1[nH]c(C)c(CN(CCc2ccccc2)C(=O)COc2ccccc2)c1C. The number of H-pyrrole nitrogens is 1. The van der Waals surface area contributed by atoms with Crippen LogP contribution in [0, 0.1) is 13.8 Å². The Morgan fingerprint density at radius 1 is 0.969 bits per heavy atom. The van der Waals surface area contributed by atoms with Gasteiger partial charge < -0.3 is 19.4 Å². The lowest BCUT2D eigenvalue weighted by molar-refractivity contribution is -0.134. The number of esters is 1. The van der Waals surface area contributed by atoms with Crippen molar-refractivity contribution in [1.82, 2.24) is 9.88 Å². The number of nitrogens with zero attached hydrogens (tertiary/aromatic N) is 1. The van der Waals surface area contributed by atoms with Crippen molar-refractivity contribution in [1.29, 1.82) is 0 Å². The third kappa shape index (κ3) is 6.00. The monoisotopic (exact) mass is 434 g/mol. The molecule has 0 aliphatic rings. The zero-order valence-corrected chi connectivity index (χ0v) is 18.9. The molecule has 1 amide bonds. The highest BCUT2D eigenvalue weighted by molar-refractivity contribution is 5.90. The molecule has 0 spiro atoms. The Labute approximate surface area is 189 Å². The van der Waals surface area contributed by atoms with Gasteiger partial charge in [0.25, 0.3) is 5.91 Å². The summed E-state index contributed by atoms with van der Waals surface area (Å²) < 4.78 is 10.9. The number of ether oxygens (including phenoxy) is 2. The number of aromatic amines is 1. The molecular formula is C26H30N2O4. The molecule has 0 bridgehead atoms. The number of amides is 1. The fraction of sp³-hybridized carbons (Fsp3) is 0.308. The van der Waals surface area contributed by atoms with Crippen molar-refractivity contribution in [2.75, 3.05) is 19.8 Å². The predicted molar refractivity (Wildman–Crippen MR) is 124 cm³/mol. The van der Waals surface area contributed by atoms with E-state index in [9.17, 15) is 9.59 Å². The van der Waals surface area contributed by atoms with Crippen LogP contribution >= 0.6 is 0 Å². The molecule has 0 aliphatic carbocycles. The Bertz CT molecular complexity index is 1030. The molecular weight excluding hydrogens is 404 g/mol. The van der Waals surface area contributed by atoms with E-state index in [0.717, 1.165) is 28.8 Å². The summed E-state index contributed by atoms with van der Waals surface area (Å²) in [5, 5.41) is 0. The third-order valence-corrected chi connectivity index (χ3v) is 5.39. The molecule has 1 N–H and O–H groups in total. The zero-order valence-electron chi connectivity index (χ0n) is 18.9. The minimum Gasteiger partial charge on any atom is -0.484 e. The largest absolute Gasteiger partial charge is 0.484 e. The first-order valence-electron chi connectivity index (χ1n) is 10.8. The maximum Gasteiger partial charge on any atom is 0.355 e. The maximum atomic E-state index is 13.1. The summed E-state index contributed by atoms with van der Waals surface area (Å²) in [7, 11) is 0. The maximum absolute atomic E-state index is 13.1. The van der Waals surface area contributed by atoms with Gasteiger partial charge in [-0.2, -0.15) is 0 Å². The molecule has 2 aromatic carbocycles. The fourth-order valence-corrected chi connectivity index (χ4v) is 3.58. The second-order valence-electron chi connectivity index (χ2n) is 7.60. The van der Waals surface area contributed by atoms with Crippen molar-refractivity contribution in [2.45, 2.75) is 33.7 Å². The smallest absolute Gasteiger partial charge is 0.355 e. The molecule has 0 saturated heterocycles. The summed E-state index contributed by atoms with van der Waals surface area (Å²) in [5.41, 5.74) is 4.18. The minimum atomic E-state index is -0.381. The number of rotatable bonds is 10. The highest BCUT2D eigenvalue weighted by Crippen LogP contribution is 2.21. The minimum absolute atomic E-state index is 0.0495. The second-order valence-corrected chi connectivity index (χ2v) is 7.60. The topological polar surface area (TPSA) is 71.6 Å². The molecule has 0 atom stereocenters. The highest BCUT2D eigenvalue weighted by atomic mass is 16.5. The van der Waals surface area contributed by atoms with Gasteiger partial charge >= 0.3 is 5.97 Å². The highest BCUT2D eigenvalue weighted by Gasteiger charge is 2.22. The molecule has 3 aromatic rings. The van der Waals surface area contributed by atoms with Crippen LogP contribution in [0.4, 0.5) is 0 Å². The van der Waals surface area contributed by atoms with E-state index in [-0.39, 0.29) is 18.5 Å². The van der Waals surface area contributed by atoms with Gasteiger partial charge in [0.05, 0.1) is 6.61 Å². The summed E-state index contributed by atoms with van der Waals surface area (Å²) >= 11 is 0. The summed E-state index contributed by atoms with van der Waals surface area (Å²) in [6.45, 7) is 6.75. The van der Waals surface area contributed by atoms with E-state index in [2.05, 4.69) is 17.1 Å². The van der Waals surface area contributed by atoms with Gasteiger partial charge in [0.15, 0.2) is 6.61 Å². The van der Waals surface area contributed by atoms with E-state index < -0.39 is 0 Å². The summed E-state index contributed by atoms with van der Waals surface area (Å²) in [5.74, 6) is 0.166. The number of aryl methyl sites for hydroxylation is 1. The van der Waals surface area contributed by atoms with Gasteiger partial charge in [0.2, 0.25) is 0 Å². The number of carbonyl (C=O) groups excluding carboxylic acids is 2. The first-order chi connectivity index (χ1) is 15.5. The molecule has 1 aromatic heterocycles. The number of nitrogens with one attached hydrogen (secondary N) is 1. The average molecular weight is 435 g/mol. The van der Waals surface area contributed by atoms with Crippen LogP contribution in [0.15, 0.2) is 60.7 Å². The van der Waals surface area contributed by atoms with Crippen LogP contribution in [0.3, 0.4) is 0 Å². The standard InChI is InChI=1S/C26H30N2O4/c1-4-31-26(30)25-19(2)23(20(3)27-25)17-28(16-15-21-11-7-5-8-12-21)24(29)18-32-22-13-9-6-10-14-22/h5-14,27H,4,15-18H2,1-3H3. The molecule has 168 valence electrons. The van der Waals surface area contributed by atoms with Gasteiger partial charge in [-0.1, -0.05) is 48.5 Å². The van der Waals surface area contributed by atoms with E-state index in [1.165, 1.54) is 0 Å².